The quantitative estimate of drug-likeness (QED) is 0.331. The average molecular weight is 446 g/mol. The molecule has 0 unspecified atom stereocenters. The molecule has 4 aromatic rings. The SMILES string of the molecule is Cc1c(/C=N\N2C(=O)[C@@H]3C4c5ccccc5C(c5ccccc54)[C@H]3C2=O)c2ccccc2n1C. The number of hydrogen-bond donors (Lipinski definition) is 0. The van der Waals surface area contributed by atoms with E-state index in [1.807, 2.05) is 56.4 Å². The van der Waals surface area contributed by atoms with Crippen LogP contribution in [0.5, 0.6) is 0 Å². The van der Waals surface area contributed by atoms with Gasteiger partial charge in [0.25, 0.3) is 11.8 Å². The Balaban J connectivity index is 1.34. The normalized spacial score (nSPS) is 24.7. The number of aromatic nitrogens is 1. The fourth-order valence-electron chi connectivity index (χ4n) is 6.60. The number of amides is 2. The summed E-state index contributed by atoms with van der Waals surface area (Å²) in [6.45, 7) is 2.03. The minimum Gasteiger partial charge on any atom is -0.347 e. The van der Waals surface area contributed by atoms with Gasteiger partial charge in [-0.25, -0.2) is 0 Å². The molecule has 0 saturated carbocycles. The zero-order valence-corrected chi connectivity index (χ0v) is 19.0. The summed E-state index contributed by atoms with van der Waals surface area (Å²) in [5.74, 6) is -1.43. The molecule has 2 amide bonds. The molecule has 2 heterocycles. The van der Waals surface area contributed by atoms with E-state index in [0.717, 1.165) is 27.2 Å². The van der Waals surface area contributed by atoms with Crippen LogP contribution < -0.4 is 0 Å². The molecule has 166 valence electrons. The summed E-state index contributed by atoms with van der Waals surface area (Å²) in [4.78, 5) is 27.4. The standard InChI is InChI=1S/C29H23N3O2/c1-16-22(17-9-7-8-14-23(17)31(16)2)15-30-32-28(33)26-24-18-10-3-4-11-19(18)25(27(26)29(32)34)21-13-6-5-12-20(21)24/h3-15,24-27H,1-2H3/b30-15-/t24?,25?,26-,27-/m1/s1. The number of imide groups is 1. The first-order chi connectivity index (χ1) is 16.6. The number of hydrogen-bond acceptors (Lipinski definition) is 3. The fraction of sp³-hybridized carbons (Fsp3) is 0.207. The number of nitrogens with zero attached hydrogens (tertiary/aromatic N) is 3. The summed E-state index contributed by atoms with van der Waals surface area (Å²) < 4.78 is 2.11. The van der Waals surface area contributed by atoms with Crippen LogP contribution in [0.2, 0.25) is 0 Å². The second kappa shape index (κ2) is 6.76. The van der Waals surface area contributed by atoms with Crippen LogP contribution >= 0.6 is 0 Å². The van der Waals surface area contributed by atoms with E-state index in [1.54, 1.807) is 6.21 Å². The molecule has 0 radical (unpaired) electrons. The Labute approximate surface area is 197 Å². The lowest BCUT2D eigenvalue weighted by Gasteiger charge is -2.45. The molecule has 0 spiro atoms. The zero-order chi connectivity index (χ0) is 23.1. The highest BCUT2D eigenvalue weighted by Gasteiger charge is 2.61. The molecule has 0 N–H and O–H groups in total. The monoisotopic (exact) mass is 445 g/mol. The summed E-state index contributed by atoms with van der Waals surface area (Å²) in [5, 5.41) is 6.73. The molecule has 1 aliphatic heterocycles. The summed E-state index contributed by atoms with van der Waals surface area (Å²) in [6.07, 6.45) is 1.69. The molecule has 3 aromatic carbocycles. The summed E-state index contributed by atoms with van der Waals surface area (Å²) >= 11 is 0. The van der Waals surface area contributed by atoms with Gasteiger partial charge < -0.3 is 4.57 Å². The van der Waals surface area contributed by atoms with Gasteiger partial charge in [-0.05, 0) is 35.2 Å². The lowest BCUT2D eigenvalue weighted by Crippen LogP contribution is -2.41. The van der Waals surface area contributed by atoms with Gasteiger partial charge in [0.05, 0.1) is 18.1 Å². The minimum atomic E-state index is -0.409. The number of benzene rings is 3. The first kappa shape index (κ1) is 19.5. The third kappa shape index (κ3) is 2.31. The van der Waals surface area contributed by atoms with E-state index in [4.69, 9.17) is 0 Å². The van der Waals surface area contributed by atoms with Crippen LogP contribution in [-0.4, -0.2) is 27.6 Å². The van der Waals surface area contributed by atoms with Crippen molar-refractivity contribution in [1.29, 1.82) is 0 Å². The Hall–Kier alpha value is -3.99. The number of carbonyl (C=O) groups excluding carboxylic acids is 2. The predicted octanol–water partition coefficient (Wildman–Crippen LogP) is 4.71. The number of para-hydroxylation sites is 1. The molecule has 1 saturated heterocycles. The maximum absolute atomic E-state index is 13.7. The van der Waals surface area contributed by atoms with Crippen LogP contribution in [0.3, 0.4) is 0 Å². The summed E-state index contributed by atoms with van der Waals surface area (Å²) in [6, 6.07) is 24.7. The smallest absolute Gasteiger partial charge is 0.254 e. The van der Waals surface area contributed by atoms with E-state index in [1.165, 1.54) is 22.3 Å². The van der Waals surface area contributed by atoms with Crippen molar-refractivity contribution in [3.8, 4) is 0 Å². The van der Waals surface area contributed by atoms with Crippen LogP contribution in [0.25, 0.3) is 10.9 Å². The molecule has 1 fully saturated rings. The van der Waals surface area contributed by atoms with Crippen molar-refractivity contribution in [3.05, 3.63) is 106 Å². The van der Waals surface area contributed by atoms with Crippen LogP contribution in [0, 0.1) is 18.8 Å². The van der Waals surface area contributed by atoms with Gasteiger partial charge in [-0.3, -0.25) is 9.59 Å². The van der Waals surface area contributed by atoms with Crippen molar-refractivity contribution in [2.75, 3.05) is 0 Å². The van der Waals surface area contributed by atoms with Crippen LogP contribution in [0.1, 0.15) is 45.3 Å². The van der Waals surface area contributed by atoms with Crippen molar-refractivity contribution in [3.63, 3.8) is 0 Å². The van der Waals surface area contributed by atoms with Gasteiger partial charge in [0.15, 0.2) is 0 Å². The molecule has 34 heavy (non-hydrogen) atoms. The van der Waals surface area contributed by atoms with E-state index in [2.05, 4.69) is 40.0 Å². The van der Waals surface area contributed by atoms with E-state index in [0.29, 0.717) is 0 Å². The average Bonchev–Trinajstić information content (AvgIpc) is 3.27. The van der Waals surface area contributed by atoms with Crippen molar-refractivity contribution < 1.29 is 9.59 Å². The lowest BCUT2D eigenvalue weighted by atomic mass is 9.55. The van der Waals surface area contributed by atoms with Gasteiger partial charge in [-0.2, -0.15) is 10.1 Å². The fourth-order valence-corrected chi connectivity index (χ4v) is 6.60. The second-order valence-corrected chi connectivity index (χ2v) is 9.57. The molecular weight excluding hydrogens is 422 g/mol. The first-order valence-corrected chi connectivity index (χ1v) is 11.7. The largest absolute Gasteiger partial charge is 0.347 e. The number of aryl methyl sites for hydroxylation is 1. The first-order valence-electron chi connectivity index (χ1n) is 11.7. The topological polar surface area (TPSA) is 54.7 Å². The van der Waals surface area contributed by atoms with Crippen molar-refractivity contribution in [1.82, 2.24) is 9.58 Å². The van der Waals surface area contributed by atoms with Crippen molar-refractivity contribution >= 4 is 28.9 Å². The van der Waals surface area contributed by atoms with Gasteiger partial charge >= 0.3 is 0 Å². The number of hydrazone groups is 1. The Morgan fingerprint density at radius 1 is 0.735 bits per heavy atom. The van der Waals surface area contributed by atoms with E-state index in [9.17, 15) is 9.59 Å². The van der Waals surface area contributed by atoms with E-state index in [-0.39, 0.29) is 23.7 Å². The van der Waals surface area contributed by atoms with Crippen LogP contribution in [-0.2, 0) is 16.6 Å². The van der Waals surface area contributed by atoms with E-state index < -0.39 is 11.8 Å². The molecule has 4 aliphatic rings. The van der Waals surface area contributed by atoms with Crippen LogP contribution in [0.15, 0.2) is 77.9 Å². The predicted molar refractivity (Wildman–Crippen MR) is 131 cm³/mol. The molecule has 5 nitrogen and oxygen atoms in total. The second-order valence-electron chi connectivity index (χ2n) is 9.57. The number of rotatable bonds is 2. The summed E-state index contributed by atoms with van der Waals surface area (Å²) in [5.41, 5.74) is 7.75. The Morgan fingerprint density at radius 3 is 1.74 bits per heavy atom. The molecule has 3 aliphatic carbocycles. The van der Waals surface area contributed by atoms with Gasteiger partial charge in [-0.1, -0.05) is 66.7 Å². The van der Waals surface area contributed by atoms with E-state index >= 15 is 0 Å². The van der Waals surface area contributed by atoms with Gasteiger partial charge in [0.1, 0.15) is 0 Å². The molecule has 1 aromatic heterocycles. The number of fused-ring (bicyclic) bond motifs is 1. The Morgan fingerprint density at radius 2 is 1.21 bits per heavy atom. The minimum absolute atomic E-state index is 0.113. The lowest BCUT2D eigenvalue weighted by molar-refractivity contribution is -0.139. The molecule has 2 bridgehead atoms. The van der Waals surface area contributed by atoms with Crippen molar-refractivity contribution in [2.45, 2.75) is 18.8 Å². The molecule has 8 rings (SSSR count). The third-order valence-electron chi connectivity index (χ3n) is 8.18. The van der Waals surface area contributed by atoms with Gasteiger partial charge in [-0.15, -0.1) is 0 Å². The number of carbonyl (C=O) groups is 2. The zero-order valence-electron chi connectivity index (χ0n) is 19.0. The highest BCUT2D eigenvalue weighted by Crippen LogP contribution is 2.60. The summed E-state index contributed by atoms with van der Waals surface area (Å²) in [7, 11) is 2.02. The maximum Gasteiger partial charge on any atom is 0.254 e. The maximum atomic E-state index is 13.7. The Bertz CT molecular complexity index is 1450. The highest BCUT2D eigenvalue weighted by molar-refractivity contribution is 6.09. The molecule has 2 atom stereocenters. The van der Waals surface area contributed by atoms with Gasteiger partial charge in [0.2, 0.25) is 0 Å². The highest BCUT2D eigenvalue weighted by atomic mass is 16.2. The van der Waals surface area contributed by atoms with Crippen molar-refractivity contribution in [2.24, 2.45) is 24.0 Å². The molecule has 5 heteroatoms. The molecular formula is C29H23N3O2. The van der Waals surface area contributed by atoms with Gasteiger partial charge in [0, 0.05) is 41.0 Å². The third-order valence-corrected chi connectivity index (χ3v) is 8.18. The van der Waals surface area contributed by atoms with Crippen LogP contribution in [0.4, 0.5) is 0 Å². The Kier molecular flexibility index (Phi) is 3.87.